The van der Waals surface area contributed by atoms with Crippen molar-refractivity contribution in [3.63, 3.8) is 0 Å². The number of benzene rings is 2. The molecule has 0 saturated carbocycles. The molecule has 2 rings (SSSR count). The van der Waals surface area contributed by atoms with E-state index < -0.39 is 5.97 Å². The van der Waals surface area contributed by atoms with E-state index in [-0.39, 0.29) is 25.4 Å². The standard InChI is InChI=1S/C21H25NO5/c1-26-18-12-11-17(19(13-18)27-2)9-6-10-20(23)22(15-21(24)25)14-16-7-4-3-5-8-16/h3-5,7-8,11-13H,6,9-10,14-15H2,1-2H3,(H,24,25). The fourth-order valence-corrected chi connectivity index (χ4v) is 2.85. The van der Waals surface area contributed by atoms with Crippen molar-refractivity contribution in [2.75, 3.05) is 20.8 Å². The van der Waals surface area contributed by atoms with Crippen molar-refractivity contribution >= 4 is 11.9 Å². The second-order valence-corrected chi connectivity index (χ2v) is 6.16. The van der Waals surface area contributed by atoms with Gasteiger partial charge in [0.25, 0.3) is 0 Å². The Morgan fingerprint density at radius 2 is 1.78 bits per heavy atom. The fourth-order valence-electron chi connectivity index (χ4n) is 2.85. The lowest BCUT2D eigenvalue weighted by molar-refractivity contribution is -0.144. The monoisotopic (exact) mass is 371 g/mol. The van der Waals surface area contributed by atoms with Gasteiger partial charge in [-0.05, 0) is 30.0 Å². The fraction of sp³-hybridized carbons (Fsp3) is 0.333. The first-order chi connectivity index (χ1) is 13.0. The summed E-state index contributed by atoms with van der Waals surface area (Å²) in [6.45, 7) is -0.0165. The summed E-state index contributed by atoms with van der Waals surface area (Å²) in [4.78, 5) is 25.0. The molecule has 27 heavy (non-hydrogen) atoms. The molecular formula is C21H25NO5. The van der Waals surface area contributed by atoms with E-state index in [0.717, 1.165) is 11.1 Å². The predicted molar refractivity (Wildman–Crippen MR) is 102 cm³/mol. The Hall–Kier alpha value is -3.02. The lowest BCUT2D eigenvalue weighted by atomic mass is 10.1. The molecule has 0 aliphatic carbocycles. The van der Waals surface area contributed by atoms with Gasteiger partial charge in [0.1, 0.15) is 18.0 Å². The smallest absolute Gasteiger partial charge is 0.323 e. The Morgan fingerprint density at radius 1 is 1.04 bits per heavy atom. The third kappa shape index (κ3) is 6.33. The lowest BCUT2D eigenvalue weighted by Crippen LogP contribution is -2.35. The minimum absolute atomic E-state index is 0.172. The summed E-state index contributed by atoms with van der Waals surface area (Å²) < 4.78 is 10.6. The molecule has 0 radical (unpaired) electrons. The molecule has 2 aromatic rings. The van der Waals surface area contributed by atoms with Gasteiger partial charge in [0, 0.05) is 19.0 Å². The van der Waals surface area contributed by atoms with E-state index in [1.54, 1.807) is 14.2 Å². The van der Waals surface area contributed by atoms with Crippen molar-refractivity contribution in [2.45, 2.75) is 25.8 Å². The largest absolute Gasteiger partial charge is 0.497 e. The zero-order valence-electron chi connectivity index (χ0n) is 15.7. The van der Waals surface area contributed by atoms with Crippen LogP contribution in [-0.2, 0) is 22.6 Å². The number of carbonyl (C=O) groups is 2. The zero-order chi connectivity index (χ0) is 19.6. The van der Waals surface area contributed by atoms with Crippen LogP contribution in [-0.4, -0.2) is 42.6 Å². The Bertz CT molecular complexity index is 760. The maximum absolute atomic E-state index is 12.5. The molecule has 0 spiro atoms. The summed E-state index contributed by atoms with van der Waals surface area (Å²) in [5.41, 5.74) is 1.89. The SMILES string of the molecule is COc1ccc(CCCC(=O)N(CC(=O)O)Cc2ccccc2)c(OC)c1. The van der Waals surface area contributed by atoms with Gasteiger partial charge in [0.05, 0.1) is 14.2 Å². The van der Waals surface area contributed by atoms with Crippen molar-refractivity contribution < 1.29 is 24.2 Å². The molecule has 0 atom stereocenters. The van der Waals surface area contributed by atoms with Crippen molar-refractivity contribution in [1.82, 2.24) is 4.90 Å². The molecular weight excluding hydrogens is 346 g/mol. The number of carboxylic acid groups (broad SMARTS) is 1. The topological polar surface area (TPSA) is 76.1 Å². The summed E-state index contributed by atoms with van der Waals surface area (Å²) in [6.07, 6.45) is 1.53. The molecule has 1 N–H and O–H groups in total. The molecule has 2 aromatic carbocycles. The number of aliphatic carboxylic acids is 1. The van der Waals surface area contributed by atoms with E-state index in [4.69, 9.17) is 14.6 Å². The van der Waals surface area contributed by atoms with Crippen LogP contribution < -0.4 is 9.47 Å². The summed E-state index contributed by atoms with van der Waals surface area (Å²) >= 11 is 0. The number of rotatable bonds is 10. The lowest BCUT2D eigenvalue weighted by Gasteiger charge is -2.21. The van der Waals surface area contributed by atoms with Gasteiger partial charge in [-0.15, -0.1) is 0 Å². The number of ether oxygens (including phenoxy) is 2. The molecule has 6 heteroatoms. The Balaban J connectivity index is 1.96. The van der Waals surface area contributed by atoms with E-state index in [1.807, 2.05) is 48.5 Å². The number of amides is 1. The highest BCUT2D eigenvalue weighted by Gasteiger charge is 2.17. The maximum Gasteiger partial charge on any atom is 0.323 e. The Kier molecular flexibility index (Phi) is 7.67. The molecule has 0 bridgehead atoms. The van der Waals surface area contributed by atoms with Crippen LogP contribution in [0.1, 0.15) is 24.0 Å². The van der Waals surface area contributed by atoms with Gasteiger partial charge in [-0.3, -0.25) is 9.59 Å². The van der Waals surface area contributed by atoms with Crippen LogP contribution in [0.25, 0.3) is 0 Å². The minimum Gasteiger partial charge on any atom is -0.497 e. The third-order valence-corrected chi connectivity index (χ3v) is 4.23. The number of nitrogens with zero attached hydrogens (tertiary/aromatic N) is 1. The number of carboxylic acids is 1. The molecule has 144 valence electrons. The van der Waals surface area contributed by atoms with Gasteiger partial charge >= 0.3 is 5.97 Å². The highest BCUT2D eigenvalue weighted by Crippen LogP contribution is 2.26. The second-order valence-electron chi connectivity index (χ2n) is 6.16. The Labute approximate surface area is 159 Å². The Morgan fingerprint density at radius 3 is 2.41 bits per heavy atom. The molecule has 0 heterocycles. The van der Waals surface area contributed by atoms with Gasteiger partial charge in [-0.1, -0.05) is 36.4 Å². The van der Waals surface area contributed by atoms with E-state index in [0.29, 0.717) is 24.3 Å². The van der Waals surface area contributed by atoms with Crippen LogP contribution in [0, 0.1) is 0 Å². The third-order valence-electron chi connectivity index (χ3n) is 4.23. The van der Waals surface area contributed by atoms with Gasteiger partial charge in [-0.2, -0.15) is 0 Å². The predicted octanol–water partition coefficient (Wildman–Crippen LogP) is 3.14. The number of hydrogen-bond donors (Lipinski definition) is 1. The first-order valence-corrected chi connectivity index (χ1v) is 8.78. The minimum atomic E-state index is -1.02. The number of carbonyl (C=O) groups excluding carboxylic acids is 1. The van der Waals surface area contributed by atoms with E-state index in [1.165, 1.54) is 4.90 Å². The van der Waals surface area contributed by atoms with Crippen LogP contribution in [0.15, 0.2) is 48.5 Å². The molecule has 0 fully saturated rings. The van der Waals surface area contributed by atoms with Gasteiger partial charge in [-0.25, -0.2) is 0 Å². The summed E-state index contributed by atoms with van der Waals surface area (Å²) in [5.74, 6) is 0.237. The average molecular weight is 371 g/mol. The van der Waals surface area contributed by atoms with Crippen molar-refractivity contribution in [2.24, 2.45) is 0 Å². The van der Waals surface area contributed by atoms with Crippen molar-refractivity contribution in [3.8, 4) is 11.5 Å². The van der Waals surface area contributed by atoms with Crippen LogP contribution in [0.2, 0.25) is 0 Å². The van der Waals surface area contributed by atoms with Crippen molar-refractivity contribution in [1.29, 1.82) is 0 Å². The number of methoxy groups -OCH3 is 2. The molecule has 0 saturated heterocycles. The second kappa shape index (κ2) is 10.2. The molecule has 0 aliphatic rings. The summed E-state index contributed by atoms with van der Waals surface area (Å²) in [6, 6.07) is 15.0. The molecule has 0 aliphatic heterocycles. The molecule has 6 nitrogen and oxygen atoms in total. The average Bonchev–Trinajstić information content (AvgIpc) is 2.68. The zero-order valence-corrected chi connectivity index (χ0v) is 15.7. The highest BCUT2D eigenvalue weighted by atomic mass is 16.5. The van der Waals surface area contributed by atoms with Crippen LogP contribution in [0.4, 0.5) is 0 Å². The van der Waals surface area contributed by atoms with Gasteiger partial charge in [0.15, 0.2) is 0 Å². The normalized spacial score (nSPS) is 10.3. The van der Waals surface area contributed by atoms with Crippen LogP contribution in [0.5, 0.6) is 11.5 Å². The first-order valence-electron chi connectivity index (χ1n) is 8.78. The van der Waals surface area contributed by atoms with Gasteiger partial charge in [0.2, 0.25) is 5.91 Å². The highest BCUT2D eigenvalue weighted by molar-refractivity contribution is 5.81. The number of hydrogen-bond acceptors (Lipinski definition) is 4. The summed E-state index contributed by atoms with van der Waals surface area (Å²) in [7, 11) is 3.19. The maximum atomic E-state index is 12.5. The van der Waals surface area contributed by atoms with Crippen molar-refractivity contribution in [3.05, 3.63) is 59.7 Å². The van der Waals surface area contributed by atoms with E-state index >= 15 is 0 Å². The first kappa shape index (κ1) is 20.3. The van der Waals surface area contributed by atoms with Crippen LogP contribution >= 0.6 is 0 Å². The summed E-state index contributed by atoms with van der Waals surface area (Å²) in [5, 5.41) is 9.11. The molecule has 0 unspecified atom stereocenters. The van der Waals surface area contributed by atoms with E-state index in [2.05, 4.69) is 0 Å². The van der Waals surface area contributed by atoms with Crippen LogP contribution in [0.3, 0.4) is 0 Å². The quantitative estimate of drug-likeness (QED) is 0.694. The molecule has 0 aromatic heterocycles. The van der Waals surface area contributed by atoms with Gasteiger partial charge < -0.3 is 19.5 Å². The number of aryl methyl sites for hydroxylation is 1. The molecule has 1 amide bonds. The van der Waals surface area contributed by atoms with E-state index in [9.17, 15) is 9.59 Å².